The number of hydrogen-bond donors (Lipinski definition) is 0. The van der Waals surface area contributed by atoms with Crippen LogP contribution in [-0.2, 0) is 52.1 Å². The Balaban J connectivity index is 1.16. The number of hydrogen-bond acceptors (Lipinski definition) is 15. The Bertz CT molecular complexity index is 2150. The molecule has 4 aliphatic heterocycles. The summed E-state index contributed by atoms with van der Waals surface area (Å²) < 4.78 is 68.4. The van der Waals surface area contributed by atoms with Gasteiger partial charge in [0.2, 0.25) is 0 Å². The van der Waals surface area contributed by atoms with Crippen molar-refractivity contribution in [2.24, 2.45) is 0 Å². The third kappa shape index (κ3) is 9.68. The molecule has 0 N–H and O–H groups in total. The highest BCUT2D eigenvalue weighted by molar-refractivity contribution is 5.91. The lowest BCUT2D eigenvalue weighted by molar-refractivity contribution is -0.313. The summed E-state index contributed by atoms with van der Waals surface area (Å²) >= 11 is 0. The van der Waals surface area contributed by atoms with E-state index in [0.29, 0.717) is 0 Å². The lowest BCUT2D eigenvalue weighted by atomic mass is 9.97. The predicted molar refractivity (Wildman–Crippen MR) is 211 cm³/mol. The number of benzene rings is 4. The summed E-state index contributed by atoms with van der Waals surface area (Å²) in [4.78, 5) is 55.1. The molecule has 4 aromatic carbocycles. The first-order valence-corrected chi connectivity index (χ1v) is 20.0. The minimum absolute atomic E-state index is 0.152. The maximum absolute atomic E-state index is 14.0. The van der Waals surface area contributed by atoms with Crippen molar-refractivity contribution in [3.05, 3.63) is 144 Å². The van der Waals surface area contributed by atoms with Crippen LogP contribution >= 0.6 is 0 Å². The van der Waals surface area contributed by atoms with Crippen molar-refractivity contribution in [3.63, 3.8) is 0 Å². The van der Waals surface area contributed by atoms with Crippen LogP contribution in [0.2, 0.25) is 0 Å². The van der Waals surface area contributed by atoms with E-state index in [2.05, 4.69) is 0 Å². The summed E-state index contributed by atoms with van der Waals surface area (Å²) in [6, 6.07) is 32.6. The van der Waals surface area contributed by atoms with E-state index in [1.165, 1.54) is 12.1 Å². The van der Waals surface area contributed by atoms with Crippen molar-refractivity contribution in [1.82, 2.24) is 0 Å². The van der Waals surface area contributed by atoms with Gasteiger partial charge >= 0.3 is 23.9 Å². The first-order chi connectivity index (χ1) is 29.3. The summed E-state index contributed by atoms with van der Waals surface area (Å²) in [5, 5.41) is 0. The molecule has 4 aromatic rings. The molecule has 0 bridgehead atoms. The van der Waals surface area contributed by atoms with Crippen molar-refractivity contribution in [3.8, 4) is 0 Å². The van der Waals surface area contributed by atoms with Crippen molar-refractivity contribution in [2.75, 3.05) is 13.2 Å². The molecule has 0 amide bonds. The third-order valence-corrected chi connectivity index (χ3v) is 10.4. The smallest absolute Gasteiger partial charge is 0.338 e. The second-order valence-electron chi connectivity index (χ2n) is 15.8. The van der Waals surface area contributed by atoms with Crippen LogP contribution in [0.5, 0.6) is 0 Å². The van der Waals surface area contributed by atoms with E-state index in [1.807, 2.05) is 0 Å². The number of carbonyl (C=O) groups is 4. The van der Waals surface area contributed by atoms with Crippen LogP contribution in [0.1, 0.15) is 69.1 Å². The van der Waals surface area contributed by atoms with Gasteiger partial charge in [-0.05, 0) is 76.2 Å². The van der Waals surface area contributed by atoms with Crippen LogP contribution in [0.4, 0.5) is 0 Å². The molecule has 4 unspecified atom stereocenters. The van der Waals surface area contributed by atoms with E-state index >= 15 is 0 Å². The Morgan fingerprint density at radius 3 is 1.41 bits per heavy atom. The normalized spacial score (nSPS) is 29.6. The summed E-state index contributed by atoms with van der Waals surface area (Å²) in [5.41, 5.74) is 0.724. The second kappa shape index (κ2) is 17.8. The zero-order chi connectivity index (χ0) is 42.7. The minimum atomic E-state index is -1.60. The van der Waals surface area contributed by atoms with Crippen LogP contribution in [0.25, 0.3) is 0 Å². The van der Waals surface area contributed by atoms with Crippen molar-refractivity contribution < 1.29 is 71.3 Å². The molecule has 10 atom stereocenters. The van der Waals surface area contributed by atoms with Gasteiger partial charge in [0.15, 0.2) is 42.5 Å². The first kappa shape index (κ1) is 42.2. The molecule has 0 saturated carbocycles. The second-order valence-corrected chi connectivity index (χ2v) is 15.8. The highest BCUT2D eigenvalue weighted by Crippen LogP contribution is 2.44. The van der Waals surface area contributed by atoms with Crippen LogP contribution in [0, 0.1) is 0 Å². The fourth-order valence-corrected chi connectivity index (χ4v) is 7.68. The minimum Gasteiger partial charge on any atom is -0.459 e. The van der Waals surface area contributed by atoms with Gasteiger partial charge in [-0.3, -0.25) is 0 Å². The molecule has 4 aliphatic rings. The molecule has 8 rings (SSSR count). The SMILES string of the molecule is CC1(C)OC2[C@H](OC(CO[C@@H]3OC(COC(=O)c4ccccc4)[C@@H](OC(=O)c4ccccc4)[C@H](OC(=O)c4ccccc4)C3OC(=O)c3ccccc3)[C@@H]3OC(C)(C)O[C@H]23)O1. The van der Waals surface area contributed by atoms with Crippen LogP contribution in [0.3, 0.4) is 0 Å². The monoisotopic (exact) mass is 838 g/mol. The van der Waals surface area contributed by atoms with Gasteiger partial charge in [-0.2, -0.15) is 0 Å². The topological polar surface area (TPSA) is 170 Å². The Morgan fingerprint density at radius 2 is 0.885 bits per heavy atom. The molecular formula is C46H46O15. The molecule has 4 heterocycles. The predicted octanol–water partition coefficient (Wildman–Crippen LogP) is 5.66. The number of ether oxygens (including phenoxy) is 11. The standard InChI is InChI=1S/C46H46O15/c1-45(2)58-34-32(54-44-38(36(34)59-45)60-46(3,4)61-44)26-52-43-37(57-42(50)30-23-15-8-16-24-30)35(56-41(49)29-21-13-7-14-22-29)33(55-40(48)28-19-11-6-12-20-28)31(53-43)25-51-39(47)27-17-9-5-10-18-27/h5-24,31-38,43-44H,25-26H2,1-4H3/t31?,32?,33-,34+,35+,36+,37?,38?,43-,44-/m1/s1. The van der Waals surface area contributed by atoms with E-state index in [0.717, 1.165) is 0 Å². The number of rotatable bonds is 12. The van der Waals surface area contributed by atoms with E-state index in [9.17, 15) is 19.2 Å². The van der Waals surface area contributed by atoms with Gasteiger partial charge in [0.25, 0.3) is 0 Å². The molecule has 4 saturated heterocycles. The van der Waals surface area contributed by atoms with Gasteiger partial charge in [-0.15, -0.1) is 0 Å². The van der Waals surface area contributed by atoms with Gasteiger partial charge in [-0.1, -0.05) is 72.8 Å². The third-order valence-electron chi connectivity index (χ3n) is 10.4. The average Bonchev–Trinajstić information content (AvgIpc) is 3.78. The van der Waals surface area contributed by atoms with Gasteiger partial charge < -0.3 is 52.1 Å². The molecule has 15 nitrogen and oxygen atoms in total. The molecule has 0 aliphatic carbocycles. The number of fused-ring (bicyclic) bond motifs is 3. The molecule has 0 radical (unpaired) electrons. The molecular weight excluding hydrogens is 792 g/mol. The summed E-state index contributed by atoms with van der Waals surface area (Å²) in [5.74, 6) is -5.18. The molecule has 15 heteroatoms. The Morgan fingerprint density at radius 1 is 0.459 bits per heavy atom. The molecule has 320 valence electrons. The molecule has 4 fully saturated rings. The Hall–Kier alpha value is -5.52. The average molecular weight is 839 g/mol. The maximum atomic E-state index is 14.0. The summed E-state index contributed by atoms with van der Waals surface area (Å²) in [6.45, 7) is 6.29. The fourth-order valence-electron chi connectivity index (χ4n) is 7.68. The summed E-state index contributed by atoms with van der Waals surface area (Å²) in [6.07, 6.45) is -11.3. The van der Waals surface area contributed by atoms with Gasteiger partial charge in [0, 0.05) is 0 Å². The fraction of sp³-hybridized carbons (Fsp3) is 0.391. The Labute approximate surface area is 352 Å². The van der Waals surface area contributed by atoms with E-state index in [-0.39, 0.29) is 28.9 Å². The first-order valence-electron chi connectivity index (χ1n) is 20.0. The van der Waals surface area contributed by atoms with E-state index in [4.69, 9.17) is 52.1 Å². The van der Waals surface area contributed by atoms with Gasteiger partial charge in [-0.25, -0.2) is 19.2 Å². The highest BCUT2D eigenvalue weighted by Gasteiger charge is 2.61. The van der Waals surface area contributed by atoms with Crippen LogP contribution in [0.15, 0.2) is 121 Å². The van der Waals surface area contributed by atoms with Crippen LogP contribution in [-0.4, -0.2) is 110 Å². The lowest BCUT2D eigenvalue weighted by Gasteiger charge is -2.45. The zero-order valence-corrected chi connectivity index (χ0v) is 33.9. The van der Waals surface area contributed by atoms with Crippen molar-refractivity contribution in [2.45, 2.75) is 101 Å². The van der Waals surface area contributed by atoms with Crippen LogP contribution < -0.4 is 0 Å². The molecule has 0 spiro atoms. The molecule has 61 heavy (non-hydrogen) atoms. The number of carbonyl (C=O) groups excluding carboxylic acids is 4. The highest BCUT2D eigenvalue weighted by atomic mass is 16.9. The molecule has 0 aromatic heterocycles. The summed E-state index contributed by atoms with van der Waals surface area (Å²) in [7, 11) is 0. The largest absolute Gasteiger partial charge is 0.459 e. The lowest BCUT2D eigenvalue weighted by Crippen LogP contribution is -2.64. The number of esters is 4. The van der Waals surface area contributed by atoms with Gasteiger partial charge in [0.05, 0.1) is 28.9 Å². The van der Waals surface area contributed by atoms with Gasteiger partial charge in [0.1, 0.15) is 37.1 Å². The van der Waals surface area contributed by atoms with E-state index < -0.39 is 103 Å². The quantitative estimate of drug-likeness (QED) is 0.126. The maximum Gasteiger partial charge on any atom is 0.338 e. The van der Waals surface area contributed by atoms with Crippen molar-refractivity contribution >= 4 is 23.9 Å². The van der Waals surface area contributed by atoms with Crippen molar-refractivity contribution in [1.29, 1.82) is 0 Å². The van der Waals surface area contributed by atoms with E-state index in [1.54, 1.807) is 137 Å². The Kier molecular flexibility index (Phi) is 12.3. The zero-order valence-electron chi connectivity index (χ0n) is 33.9.